The molecule has 0 aromatic rings. The molecule has 0 amide bonds. The zero-order chi connectivity index (χ0) is 13.2. The van der Waals surface area contributed by atoms with E-state index in [1.54, 1.807) is 0 Å². The second-order valence-electron chi connectivity index (χ2n) is 6.63. The molecule has 0 aromatic heterocycles. The average molecular weight is 255 g/mol. The minimum absolute atomic E-state index is 0.128. The summed E-state index contributed by atoms with van der Waals surface area (Å²) in [5.74, 6) is 0.809. The zero-order valence-corrected chi connectivity index (χ0v) is 11.9. The second-order valence-corrected chi connectivity index (χ2v) is 6.63. The predicted octanol–water partition coefficient (Wildman–Crippen LogP) is 0.502. The fraction of sp³-hybridized carbons (Fsp3) is 1.00. The van der Waals surface area contributed by atoms with Crippen LogP contribution in [-0.4, -0.2) is 66.8 Å². The summed E-state index contributed by atoms with van der Waals surface area (Å²) in [4.78, 5) is 4.90. The molecule has 4 heteroatoms. The van der Waals surface area contributed by atoms with Crippen LogP contribution < -0.4 is 5.73 Å². The molecule has 0 spiro atoms. The van der Waals surface area contributed by atoms with Crippen LogP contribution in [0.15, 0.2) is 0 Å². The second kappa shape index (κ2) is 5.87. The van der Waals surface area contributed by atoms with Crippen LogP contribution in [0.1, 0.15) is 32.1 Å². The lowest BCUT2D eigenvalue weighted by atomic mass is 9.79. The minimum atomic E-state index is -0.330. The summed E-state index contributed by atoms with van der Waals surface area (Å²) < 4.78 is 0. The Morgan fingerprint density at radius 1 is 1.44 bits per heavy atom. The summed E-state index contributed by atoms with van der Waals surface area (Å²) in [5, 5.41) is 9.42. The number of hydrogen-bond donors (Lipinski definition) is 2. The van der Waals surface area contributed by atoms with Gasteiger partial charge in [-0.05, 0) is 58.7 Å². The SMILES string of the molecule is CN1CCC(CN(C)C2CCCC(N)(CO)C2)C1. The van der Waals surface area contributed by atoms with E-state index in [1.165, 1.54) is 32.5 Å². The van der Waals surface area contributed by atoms with E-state index in [4.69, 9.17) is 5.73 Å². The lowest BCUT2D eigenvalue weighted by molar-refractivity contribution is 0.0872. The van der Waals surface area contributed by atoms with Crippen molar-refractivity contribution < 1.29 is 5.11 Å². The van der Waals surface area contributed by atoms with Crippen LogP contribution in [0, 0.1) is 5.92 Å². The van der Waals surface area contributed by atoms with Gasteiger partial charge >= 0.3 is 0 Å². The third kappa shape index (κ3) is 3.44. The molecule has 1 aliphatic heterocycles. The fourth-order valence-corrected chi connectivity index (χ4v) is 3.61. The molecule has 2 rings (SSSR count). The van der Waals surface area contributed by atoms with Crippen LogP contribution in [0.3, 0.4) is 0 Å². The van der Waals surface area contributed by atoms with Gasteiger partial charge in [-0.1, -0.05) is 0 Å². The quantitative estimate of drug-likeness (QED) is 0.768. The molecule has 0 radical (unpaired) electrons. The van der Waals surface area contributed by atoms with Crippen molar-refractivity contribution >= 4 is 0 Å². The van der Waals surface area contributed by atoms with Crippen molar-refractivity contribution in [2.45, 2.75) is 43.7 Å². The Hall–Kier alpha value is -0.160. The molecule has 1 heterocycles. The summed E-state index contributed by atoms with van der Waals surface area (Å²) in [6.07, 6.45) is 5.62. The van der Waals surface area contributed by atoms with Crippen LogP contribution in [-0.2, 0) is 0 Å². The van der Waals surface area contributed by atoms with Gasteiger partial charge in [0.2, 0.25) is 0 Å². The highest BCUT2D eigenvalue weighted by Crippen LogP contribution is 2.29. The van der Waals surface area contributed by atoms with Crippen molar-refractivity contribution in [3.63, 3.8) is 0 Å². The molecular weight excluding hydrogens is 226 g/mol. The maximum Gasteiger partial charge on any atom is 0.0611 e. The number of rotatable bonds is 4. The maximum atomic E-state index is 9.42. The third-order valence-corrected chi connectivity index (χ3v) is 4.83. The predicted molar refractivity (Wildman–Crippen MR) is 74.5 cm³/mol. The van der Waals surface area contributed by atoms with Crippen LogP contribution >= 0.6 is 0 Å². The van der Waals surface area contributed by atoms with Crippen molar-refractivity contribution in [1.29, 1.82) is 0 Å². The van der Waals surface area contributed by atoms with Crippen LogP contribution in [0.25, 0.3) is 0 Å². The van der Waals surface area contributed by atoms with Crippen molar-refractivity contribution in [2.24, 2.45) is 11.7 Å². The first-order chi connectivity index (χ1) is 8.52. The molecule has 1 saturated heterocycles. The first-order valence-electron chi connectivity index (χ1n) is 7.31. The van der Waals surface area contributed by atoms with E-state index in [0.29, 0.717) is 6.04 Å². The molecule has 3 unspecified atom stereocenters. The summed E-state index contributed by atoms with van der Waals surface area (Å²) in [7, 11) is 4.43. The Bertz CT molecular complexity index is 274. The molecule has 1 saturated carbocycles. The molecule has 1 aliphatic carbocycles. The summed E-state index contributed by atoms with van der Waals surface area (Å²) in [6.45, 7) is 3.77. The monoisotopic (exact) mass is 255 g/mol. The first-order valence-corrected chi connectivity index (χ1v) is 7.31. The Morgan fingerprint density at radius 2 is 2.22 bits per heavy atom. The van der Waals surface area contributed by atoms with Crippen molar-refractivity contribution in [1.82, 2.24) is 9.80 Å². The van der Waals surface area contributed by atoms with Crippen LogP contribution in [0.4, 0.5) is 0 Å². The number of aliphatic hydroxyl groups excluding tert-OH is 1. The van der Waals surface area contributed by atoms with Gasteiger partial charge in [0.25, 0.3) is 0 Å². The Labute approximate surface area is 111 Å². The van der Waals surface area contributed by atoms with E-state index in [2.05, 4.69) is 23.9 Å². The number of likely N-dealkylation sites (tertiary alicyclic amines) is 1. The van der Waals surface area contributed by atoms with Crippen LogP contribution in [0.5, 0.6) is 0 Å². The highest BCUT2D eigenvalue weighted by Gasteiger charge is 2.34. The number of aliphatic hydroxyl groups is 1. The van der Waals surface area contributed by atoms with Crippen LogP contribution in [0.2, 0.25) is 0 Å². The molecule has 4 nitrogen and oxygen atoms in total. The van der Waals surface area contributed by atoms with E-state index < -0.39 is 0 Å². The summed E-state index contributed by atoms with van der Waals surface area (Å²) >= 11 is 0. The average Bonchev–Trinajstić information content (AvgIpc) is 2.75. The van der Waals surface area contributed by atoms with E-state index in [9.17, 15) is 5.11 Å². The summed E-state index contributed by atoms with van der Waals surface area (Å²) in [6, 6.07) is 0.557. The van der Waals surface area contributed by atoms with Gasteiger partial charge in [0, 0.05) is 24.7 Å². The number of nitrogens with two attached hydrogens (primary N) is 1. The van der Waals surface area contributed by atoms with Gasteiger partial charge in [0.05, 0.1) is 6.61 Å². The Morgan fingerprint density at radius 3 is 2.83 bits per heavy atom. The lowest BCUT2D eigenvalue weighted by Gasteiger charge is -2.41. The number of hydrogen-bond acceptors (Lipinski definition) is 4. The first kappa shape index (κ1) is 14.3. The number of nitrogens with zero attached hydrogens (tertiary/aromatic N) is 2. The van der Waals surface area contributed by atoms with Gasteiger partial charge in [-0.2, -0.15) is 0 Å². The van der Waals surface area contributed by atoms with E-state index >= 15 is 0 Å². The van der Waals surface area contributed by atoms with Crippen molar-refractivity contribution in [3.05, 3.63) is 0 Å². The zero-order valence-electron chi connectivity index (χ0n) is 11.9. The van der Waals surface area contributed by atoms with E-state index in [1.807, 2.05) is 0 Å². The Kier molecular flexibility index (Phi) is 4.64. The molecule has 106 valence electrons. The Balaban J connectivity index is 1.83. The molecule has 0 aromatic carbocycles. The molecule has 18 heavy (non-hydrogen) atoms. The van der Waals surface area contributed by atoms with E-state index in [0.717, 1.165) is 25.2 Å². The molecular formula is C14H29N3O. The fourth-order valence-electron chi connectivity index (χ4n) is 3.61. The minimum Gasteiger partial charge on any atom is -0.394 e. The molecule has 3 N–H and O–H groups in total. The lowest BCUT2D eigenvalue weighted by Crippen LogP contribution is -2.53. The highest BCUT2D eigenvalue weighted by molar-refractivity contribution is 4.93. The molecule has 3 atom stereocenters. The smallest absolute Gasteiger partial charge is 0.0611 e. The van der Waals surface area contributed by atoms with Crippen molar-refractivity contribution in [3.8, 4) is 0 Å². The molecule has 2 fully saturated rings. The largest absolute Gasteiger partial charge is 0.394 e. The molecule has 2 aliphatic rings. The third-order valence-electron chi connectivity index (χ3n) is 4.83. The highest BCUT2D eigenvalue weighted by atomic mass is 16.3. The van der Waals surface area contributed by atoms with Gasteiger partial charge in [-0.3, -0.25) is 0 Å². The normalized spacial score (nSPS) is 38.5. The van der Waals surface area contributed by atoms with Gasteiger partial charge in [0.15, 0.2) is 0 Å². The van der Waals surface area contributed by atoms with Gasteiger partial charge in [0.1, 0.15) is 0 Å². The van der Waals surface area contributed by atoms with E-state index in [-0.39, 0.29) is 12.1 Å². The maximum absolute atomic E-state index is 9.42. The van der Waals surface area contributed by atoms with Gasteiger partial charge in [-0.15, -0.1) is 0 Å². The van der Waals surface area contributed by atoms with Gasteiger partial charge < -0.3 is 20.6 Å². The summed E-state index contributed by atoms with van der Waals surface area (Å²) in [5.41, 5.74) is 5.90. The molecule has 0 bridgehead atoms. The standard InChI is InChI=1S/C14H29N3O/c1-16-7-5-12(9-16)10-17(2)13-4-3-6-14(15,8-13)11-18/h12-13,18H,3-11,15H2,1-2H3. The topological polar surface area (TPSA) is 52.7 Å². The van der Waals surface area contributed by atoms with Gasteiger partial charge in [-0.25, -0.2) is 0 Å². The van der Waals surface area contributed by atoms with Crippen molar-refractivity contribution in [2.75, 3.05) is 40.3 Å².